The minimum Gasteiger partial charge on any atom is -0.550 e. The molecule has 0 spiro atoms. The number of aliphatic carboxylic acids is 1. The van der Waals surface area contributed by atoms with Gasteiger partial charge in [0.05, 0.1) is 18.4 Å². The molecule has 6 nitrogen and oxygen atoms in total. The number of esters is 1. The van der Waals surface area contributed by atoms with E-state index in [1.54, 1.807) is 0 Å². The summed E-state index contributed by atoms with van der Waals surface area (Å²) in [5.74, 6) is -0.00659. The smallest absolute Gasteiger partial charge is 0.338 e. The molecule has 0 aromatic heterocycles. The van der Waals surface area contributed by atoms with E-state index in [-0.39, 0.29) is 11.9 Å². The Morgan fingerprint density at radius 1 is 0.972 bits per heavy atom. The van der Waals surface area contributed by atoms with Crippen LogP contribution in [0.4, 0.5) is 5.69 Å². The van der Waals surface area contributed by atoms with E-state index >= 15 is 0 Å². The SMILES string of the molecule is CC(=O)[O-].CCN(CC)c1cc2c(cc1Br)C(c1ccccc1C(=O)OC)c1cc(Br)c(C)cc1O2. The normalized spacial score (nSPS) is 13.4. The fourth-order valence-corrected chi connectivity index (χ4v) is 5.30. The van der Waals surface area contributed by atoms with E-state index in [0.717, 1.165) is 68.4 Å². The molecule has 190 valence electrons. The van der Waals surface area contributed by atoms with Crippen LogP contribution in [0.1, 0.15) is 59.3 Å². The van der Waals surface area contributed by atoms with Crippen molar-refractivity contribution in [3.05, 3.63) is 85.3 Å². The second-order valence-corrected chi connectivity index (χ2v) is 9.97. The van der Waals surface area contributed by atoms with E-state index in [9.17, 15) is 4.79 Å². The van der Waals surface area contributed by atoms with Crippen LogP contribution in [0.3, 0.4) is 0 Å². The van der Waals surface area contributed by atoms with Crippen molar-refractivity contribution in [1.29, 1.82) is 0 Å². The number of hydrogen-bond acceptors (Lipinski definition) is 6. The Balaban J connectivity index is 0.000000840. The third-order valence-corrected chi connectivity index (χ3v) is 7.48. The summed E-state index contributed by atoms with van der Waals surface area (Å²) in [7, 11) is 1.41. The zero-order valence-corrected chi connectivity index (χ0v) is 24.0. The van der Waals surface area contributed by atoms with E-state index in [4.69, 9.17) is 19.4 Å². The molecule has 0 saturated carbocycles. The number of aryl methyl sites for hydroxylation is 1. The molecule has 4 rings (SSSR count). The molecule has 0 bridgehead atoms. The summed E-state index contributed by atoms with van der Waals surface area (Å²) in [6.45, 7) is 9.09. The van der Waals surface area contributed by atoms with Crippen molar-refractivity contribution in [2.45, 2.75) is 33.6 Å². The first kappa shape index (κ1) is 27.7. The predicted molar refractivity (Wildman–Crippen MR) is 146 cm³/mol. The molecule has 0 radical (unpaired) electrons. The highest BCUT2D eigenvalue weighted by Gasteiger charge is 2.33. The lowest BCUT2D eigenvalue weighted by molar-refractivity contribution is -0.302. The molecule has 0 N–H and O–H groups in total. The van der Waals surface area contributed by atoms with Crippen LogP contribution < -0.4 is 14.7 Å². The minimum absolute atomic E-state index is 0.178. The van der Waals surface area contributed by atoms with Crippen LogP contribution in [-0.4, -0.2) is 32.1 Å². The number of benzene rings is 3. The third kappa shape index (κ3) is 5.76. The van der Waals surface area contributed by atoms with E-state index in [1.165, 1.54) is 7.11 Å². The van der Waals surface area contributed by atoms with E-state index in [2.05, 4.69) is 74.9 Å². The minimum atomic E-state index is -1.08. The van der Waals surface area contributed by atoms with Gasteiger partial charge >= 0.3 is 5.97 Å². The Kier molecular flexibility index (Phi) is 9.19. The molecule has 1 heterocycles. The fourth-order valence-electron chi connectivity index (χ4n) is 4.33. The van der Waals surface area contributed by atoms with Gasteiger partial charge in [0.2, 0.25) is 0 Å². The van der Waals surface area contributed by atoms with Crippen molar-refractivity contribution >= 4 is 49.5 Å². The van der Waals surface area contributed by atoms with Gasteiger partial charge in [-0.05, 0) is 79.0 Å². The summed E-state index contributed by atoms with van der Waals surface area (Å²) in [6.07, 6.45) is 0. The Labute approximate surface area is 228 Å². The maximum Gasteiger partial charge on any atom is 0.338 e. The van der Waals surface area contributed by atoms with Crippen LogP contribution in [0.25, 0.3) is 0 Å². The number of carboxylic acid groups (broad SMARTS) is 1. The topological polar surface area (TPSA) is 78.9 Å². The molecular weight excluding hydrogens is 590 g/mol. The lowest BCUT2D eigenvalue weighted by atomic mass is 9.80. The molecule has 1 atom stereocenters. The maximum absolute atomic E-state index is 12.6. The Bertz CT molecular complexity index is 1280. The van der Waals surface area contributed by atoms with Crippen molar-refractivity contribution in [2.24, 2.45) is 0 Å². The van der Waals surface area contributed by atoms with Crippen LogP contribution in [0.15, 0.2) is 57.5 Å². The van der Waals surface area contributed by atoms with Crippen molar-refractivity contribution in [3.8, 4) is 11.5 Å². The molecule has 0 saturated heterocycles. The summed E-state index contributed by atoms with van der Waals surface area (Å²) in [5, 5.41) is 8.89. The molecule has 0 aliphatic carbocycles. The quantitative estimate of drug-likeness (QED) is 0.248. The van der Waals surface area contributed by atoms with E-state index < -0.39 is 5.97 Å². The van der Waals surface area contributed by atoms with Crippen molar-refractivity contribution in [3.63, 3.8) is 0 Å². The van der Waals surface area contributed by atoms with Gasteiger partial charge in [0.25, 0.3) is 0 Å². The van der Waals surface area contributed by atoms with Gasteiger partial charge in [-0.25, -0.2) is 4.79 Å². The molecule has 0 fully saturated rings. The molecule has 3 aromatic rings. The number of carboxylic acids is 1. The first-order valence-electron chi connectivity index (χ1n) is 11.5. The number of halogens is 2. The molecule has 1 aliphatic heterocycles. The lowest BCUT2D eigenvalue weighted by Crippen LogP contribution is -2.23. The molecule has 36 heavy (non-hydrogen) atoms. The van der Waals surface area contributed by atoms with Crippen molar-refractivity contribution in [1.82, 2.24) is 0 Å². The second-order valence-electron chi connectivity index (χ2n) is 8.26. The molecule has 1 aliphatic rings. The number of hydrogen-bond donors (Lipinski definition) is 0. The summed E-state index contributed by atoms with van der Waals surface area (Å²) in [6, 6.07) is 16.0. The van der Waals surface area contributed by atoms with Crippen molar-refractivity contribution in [2.75, 3.05) is 25.1 Å². The highest BCUT2D eigenvalue weighted by atomic mass is 79.9. The van der Waals surface area contributed by atoms with Crippen LogP contribution in [0.2, 0.25) is 0 Å². The van der Waals surface area contributed by atoms with Crippen LogP contribution in [-0.2, 0) is 9.53 Å². The monoisotopic (exact) mass is 616 g/mol. The summed E-state index contributed by atoms with van der Waals surface area (Å²) >= 11 is 7.46. The number of fused-ring (bicyclic) bond motifs is 2. The lowest BCUT2D eigenvalue weighted by Gasteiger charge is -2.32. The summed E-state index contributed by atoms with van der Waals surface area (Å²) < 4.78 is 13.5. The van der Waals surface area contributed by atoms with Gasteiger partial charge in [-0.15, -0.1) is 0 Å². The molecule has 8 heteroatoms. The molecule has 0 amide bonds. The van der Waals surface area contributed by atoms with E-state index in [0.29, 0.717) is 5.56 Å². The Morgan fingerprint density at radius 3 is 2.11 bits per heavy atom. The number of rotatable bonds is 5. The van der Waals surface area contributed by atoms with Gasteiger partial charge in [-0.3, -0.25) is 0 Å². The van der Waals surface area contributed by atoms with Crippen LogP contribution in [0, 0.1) is 6.92 Å². The van der Waals surface area contributed by atoms with Gasteiger partial charge < -0.3 is 24.3 Å². The fraction of sp³-hybridized carbons (Fsp3) is 0.286. The zero-order chi connectivity index (χ0) is 26.6. The average molecular weight is 618 g/mol. The number of carbonyl (C=O) groups is 2. The first-order chi connectivity index (χ1) is 17.1. The van der Waals surface area contributed by atoms with E-state index in [1.807, 2.05) is 31.2 Å². The summed E-state index contributed by atoms with van der Waals surface area (Å²) in [5.41, 5.74) is 5.64. The summed E-state index contributed by atoms with van der Waals surface area (Å²) in [4.78, 5) is 23.8. The highest BCUT2D eigenvalue weighted by molar-refractivity contribution is 9.11. The van der Waals surface area contributed by atoms with Gasteiger partial charge in [0, 0.05) is 51.1 Å². The second kappa shape index (κ2) is 11.9. The maximum atomic E-state index is 12.6. The number of anilines is 1. The molecule has 3 aromatic carbocycles. The molecular formula is C28H28Br2NO5-. The number of ether oxygens (including phenoxy) is 2. The number of nitrogens with zero attached hydrogens (tertiary/aromatic N) is 1. The Hall–Kier alpha value is -2.84. The van der Waals surface area contributed by atoms with Crippen LogP contribution >= 0.6 is 31.9 Å². The van der Waals surface area contributed by atoms with Gasteiger partial charge in [-0.1, -0.05) is 34.1 Å². The van der Waals surface area contributed by atoms with Gasteiger partial charge in [0.15, 0.2) is 0 Å². The van der Waals surface area contributed by atoms with Crippen molar-refractivity contribution < 1.29 is 24.2 Å². The van der Waals surface area contributed by atoms with Gasteiger partial charge in [0.1, 0.15) is 11.5 Å². The Morgan fingerprint density at radius 2 is 1.53 bits per heavy atom. The highest BCUT2D eigenvalue weighted by Crippen LogP contribution is 2.51. The number of methoxy groups -OCH3 is 1. The predicted octanol–water partition coefficient (Wildman–Crippen LogP) is 6.19. The van der Waals surface area contributed by atoms with Gasteiger partial charge in [-0.2, -0.15) is 0 Å². The first-order valence-corrected chi connectivity index (χ1v) is 13.1. The van der Waals surface area contributed by atoms with Crippen LogP contribution in [0.5, 0.6) is 11.5 Å². The standard InChI is InChI=1S/C26H25Br2NO3.C2H4O2/c1-5-29(6-2)22-14-24-19(13-21(22)28)25(16-9-7-8-10-17(16)26(30)31-4)18-12-20(27)15(3)11-23(18)32-24;1-2(3)4/h7-14,25H,5-6H2,1-4H3;1H3,(H,3,4)/p-1. The molecule has 1 unspecified atom stereocenters. The zero-order valence-electron chi connectivity index (χ0n) is 20.9. The number of carbonyl (C=O) groups excluding carboxylic acids is 2. The third-order valence-electron chi connectivity index (χ3n) is 5.99. The average Bonchev–Trinajstić information content (AvgIpc) is 2.84. The largest absolute Gasteiger partial charge is 0.550 e.